The Kier molecular flexibility index (Phi) is 2.66. The summed E-state index contributed by atoms with van der Waals surface area (Å²) in [5.74, 6) is 0.881. The van der Waals surface area contributed by atoms with Crippen LogP contribution >= 0.6 is 11.3 Å². The number of nitrogens with zero attached hydrogens (tertiary/aromatic N) is 4. The fraction of sp³-hybridized carbons (Fsp3) is 0.500. The Balaban J connectivity index is 1.80. The Bertz CT molecular complexity index is 740. The molecular formula is C14H17N5S. The first-order valence-corrected chi connectivity index (χ1v) is 7.96. The zero-order chi connectivity index (χ0) is 13.7. The number of nitrogens with one attached hydrogen (secondary N) is 1. The van der Waals surface area contributed by atoms with Crippen molar-refractivity contribution in [3.05, 3.63) is 16.8 Å². The van der Waals surface area contributed by atoms with Crippen LogP contribution in [0.4, 0.5) is 0 Å². The summed E-state index contributed by atoms with van der Waals surface area (Å²) in [6, 6.07) is 0.313. The van der Waals surface area contributed by atoms with Gasteiger partial charge >= 0.3 is 0 Å². The summed E-state index contributed by atoms with van der Waals surface area (Å²) in [4.78, 5) is 14.3. The second-order valence-electron chi connectivity index (χ2n) is 5.60. The van der Waals surface area contributed by atoms with E-state index < -0.39 is 0 Å². The van der Waals surface area contributed by atoms with E-state index in [2.05, 4.69) is 23.9 Å². The molecule has 0 saturated heterocycles. The maximum Gasteiger partial charge on any atom is 0.177 e. The average Bonchev–Trinajstić information content (AvgIpc) is 3.10. The Morgan fingerprint density at radius 3 is 2.90 bits per heavy atom. The van der Waals surface area contributed by atoms with Gasteiger partial charge in [-0.1, -0.05) is 0 Å². The first kappa shape index (κ1) is 12.1. The van der Waals surface area contributed by atoms with E-state index in [0.29, 0.717) is 6.04 Å². The van der Waals surface area contributed by atoms with Gasteiger partial charge in [0, 0.05) is 10.9 Å². The van der Waals surface area contributed by atoms with Crippen LogP contribution in [0.25, 0.3) is 22.0 Å². The maximum absolute atomic E-state index is 4.77. The molecule has 0 aromatic carbocycles. The second kappa shape index (κ2) is 4.41. The van der Waals surface area contributed by atoms with E-state index in [-0.39, 0.29) is 0 Å². The van der Waals surface area contributed by atoms with Gasteiger partial charge in [-0.25, -0.2) is 14.6 Å². The molecule has 0 spiro atoms. The van der Waals surface area contributed by atoms with Gasteiger partial charge in [0.2, 0.25) is 0 Å². The van der Waals surface area contributed by atoms with Crippen molar-refractivity contribution in [1.82, 2.24) is 24.7 Å². The lowest BCUT2D eigenvalue weighted by Crippen LogP contribution is -2.02. The van der Waals surface area contributed by atoms with E-state index in [1.165, 1.54) is 29.8 Å². The quantitative estimate of drug-likeness (QED) is 0.786. The van der Waals surface area contributed by atoms with Crippen LogP contribution < -0.4 is 0 Å². The van der Waals surface area contributed by atoms with E-state index in [4.69, 9.17) is 9.97 Å². The van der Waals surface area contributed by atoms with Crippen molar-refractivity contribution in [1.29, 1.82) is 0 Å². The van der Waals surface area contributed by atoms with Crippen LogP contribution in [0.1, 0.15) is 43.3 Å². The molecule has 1 aliphatic carbocycles. The zero-order valence-corrected chi connectivity index (χ0v) is 12.5. The van der Waals surface area contributed by atoms with Crippen LogP contribution in [-0.2, 0) is 12.8 Å². The van der Waals surface area contributed by atoms with Crippen molar-refractivity contribution in [3.63, 3.8) is 0 Å². The van der Waals surface area contributed by atoms with Crippen molar-refractivity contribution in [2.24, 2.45) is 0 Å². The van der Waals surface area contributed by atoms with Crippen molar-refractivity contribution in [2.75, 3.05) is 0 Å². The normalized spacial score (nSPS) is 15.2. The highest BCUT2D eigenvalue weighted by Gasteiger charge is 2.19. The molecule has 0 aliphatic heterocycles. The molecule has 0 amide bonds. The molecule has 0 bridgehead atoms. The molecule has 104 valence electrons. The Hall–Kier alpha value is -1.69. The Labute approximate surface area is 121 Å². The van der Waals surface area contributed by atoms with Crippen molar-refractivity contribution < 1.29 is 0 Å². The lowest BCUT2D eigenvalue weighted by molar-refractivity contribution is 0.547. The minimum atomic E-state index is 0.313. The van der Waals surface area contributed by atoms with E-state index >= 15 is 0 Å². The molecule has 0 radical (unpaired) electrons. The highest BCUT2D eigenvalue weighted by molar-refractivity contribution is 7.15. The van der Waals surface area contributed by atoms with Gasteiger partial charge in [0.15, 0.2) is 16.5 Å². The lowest BCUT2D eigenvalue weighted by atomic mass is 10.0. The molecule has 0 atom stereocenters. The van der Waals surface area contributed by atoms with Gasteiger partial charge in [-0.05, 0) is 39.5 Å². The largest absolute Gasteiger partial charge is 0.333 e. The standard InChI is InChI=1S/C14H17N5S/c1-8(2)19-13-10(7-15-19)16-12(18-13)14-17-9-5-3-4-6-11(9)20-14/h7-8H,3-6H2,1-2H3,(H,16,18). The van der Waals surface area contributed by atoms with Gasteiger partial charge in [0.05, 0.1) is 11.9 Å². The molecule has 3 heterocycles. The van der Waals surface area contributed by atoms with Crippen LogP contribution in [-0.4, -0.2) is 24.7 Å². The third kappa shape index (κ3) is 1.78. The van der Waals surface area contributed by atoms with Gasteiger partial charge in [0.1, 0.15) is 5.52 Å². The highest BCUT2D eigenvalue weighted by Crippen LogP contribution is 2.32. The number of H-pyrrole nitrogens is 1. The number of hydrogen-bond donors (Lipinski definition) is 1. The molecule has 0 saturated carbocycles. The van der Waals surface area contributed by atoms with Crippen LogP contribution in [0.3, 0.4) is 0 Å². The Morgan fingerprint density at radius 2 is 2.10 bits per heavy atom. The van der Waals surface area contributed by atoms with Crippen molar-refractivity contribution >= 4 is 22.5 Å². The van der Waals surface area contributed by atoms with Crippen LogP contribution in [0, 0.1) is 0 Å². The molecule has 20 heavy (non-hydrogen) atoms. The van der Waals surface area contributed by atoms with Crippen LogP contribution in [0.5, 0.6) is 0 Å². The molecule has 1 N–H and O–H groups in total. The molecule has 3 aromatic rings. The number of aryl methyl sites for hydroxylation is 2. The van der Waals surface area contributed by atoms with Crippen molar-refractivity contribution in [2.45, 2.75) is 45.6 Å². The number of rotatable bonds is 2. The van der Waals surface area contributed by atoms with Gasteiger partial charge in [-0.2, -0.15) is 5.10 Å². The summed E-state index contributed by atoms with van der Waals surface area (Å²) in [6.45, 7) is 4.23. The molecule has 5 nitrogen and oxygen atoms in total. The predicted molar refractivity (Wildman–Crippen MR) is 80.0 cm³/mol. The summed E-state index contributed by atoms with van der Waals surface area (Å²) in [6.07, 6.45) is 6.69. The molecule has 0 unspecified atom stereocenters. The summed E-state index contributed by atoms with van der Waals surface area (Å²) in [7, 11) is 0. The van der Waals surface area contributed by atoms with E-state index in [1.54, 1.807) is 11.3 Å². The van der Waals surface area contributed by atoms with E-state index in [0.717, 1.165) is 28.4 Å². The lowest BCUT2D eigenvalue weighted by Gasteiger charge is -2.06. The number of thiazole rings is 1. The fourth-order valence-electron chi connectivity index (χ4n) is 2.75. The predicted octanol–water partition coefficient (Wildman–Crippen LogP) is 3.34. The van der Waals surface area contributed by atoms with Gasteiger partial charge in [-0.3, -0.25) is 0 Å². The Morgan fingerprint density at radius 1 is 1.25 bits per heavy atom. The summed E-state index contributed by atoms with van der Waals surface area (Å²) in [5.41, 5.74) is 3.19. The van der Waals surface area contributed by atoms with Crippen molar-refractivity contribution in [3.8, 4) is 10.8 Å². The van der Waals surface area contributed by atoms with Gasteiger partial charge in [0.25, 0.3) is 0 Å². The number of aromatic nitrogens is 5. The maximum atomic E-state index is 4.77. The summed E-state index contributed by atoms with van der Waals surface area (Å²) >= 11 is 1.79. The molecule has 3 aromatic heterocycles. The van der Waals surface area contributed by atoms with Gasteiger partial charge < -0.3 is 4.98 Å². The summed E-state index contributed by atoms with van der Waals surface area (Å²) < 4.78 is 1.95. The molecule has 4 rings (SSSR count). The number of fused-ring (bicyclic) bond motifs is 2. The second-order valence-corrected chi connectivity index (χ2v) is 6.69. The minimum absolute atomic E-state index is 0.313. The van der Waals surface area contributed by atoms with E-state index in [1.807, 2.05) is 10.9 Å². The van der Waals surface area contributed by atoms with Gasteiger partial charge in [-0.15, -0.1) is 11.3 Å². The zero-order valence-electron chi connectivity index (χ0n) is 11.7. The molecule has 1 aliphatic rings. The molecule has 6 heteroatoms. The monoisotopic (exact) mass is 287 g/mol. The van der Waals surface area contributed by atoms with Crippen LogP contribution in [0.15, 0.2) is 6.20 Å². The molecule has 0 fully saturated rings. The number of aromatic amines is 1. The molecular weight excluding hydrogens is 270 g/mol. The number of hydrogen-bond acceptors (Lipinski definition) is 4. The minimum Gasteiger partial charge on any atom is -0.333 e. The first-order valence-electron chi connectivity index (χ1n) is 7.14. The third-order valence-electron chi connectivity index (χ3n) is 3.78. The third-order valence-corrected chi connectivity index (χ3v) is 4.94. The van der Waals surface area contributed by atoms with E-state index in [9.17, 15) is 0 Å². The SMILES string of the molecule is CC(C)n1ncc2[nH]c(-c3nc4c(s3)CCCC4)nc21. The summed E-state index contributed by atoms with van der Waals surface area (Å²) in [5, 5.41) is 5.38. The highest BCUT2D eigenvalue weighted by atomic mass is 32.1. The topological polar surface area (TPSA) is 59.4 Å². The fourth-order valence-corrected chi connectivity index (χ4v) is 3.84. The smallest absolute Gasteiger partial charge is 0.177 e. The van der Waals surface area contributed by atoms with Crippen LogP contribution in [0.2, 0.25) is 0 Å². The average molecular weight is 287 g/mol. The number of imidazole rings is 1. The first-order chi connectivity index (χ1) is 9.72.